The van der Waals surface area contributed by atoms with Gasteiger partial charge in [-0.05, 0) is 30.2 Å². The van der Waals surface area contributed by atoms with E-state index in [0.29, 0.717) is 12.4 Å². The van der Waals surface area contributed by atoms with Crippen molar-refractivity contribution in [3.63, 3.8) is 0 Å². The van der Waals surface area contributed by atoms with Crippen molar-refractivity contribution in [1.82, 2.24) is 30.0 Å². The van der Waals surface area contributed by atoms with Gasteiger partial charge in [-0.1, -0.05) is 6.92 Å². The first-order chi connectivity index (χ1) is 9.40. The second-order valence-corrected chi connectivity index (χ2v) is 5.06. The molecule has 2 heterocycles. The zero-order valence-corrected chi connectivity index (χ0v) is 12.0. The maximum absolute atomic E-state index is 10.7. The maximum Gasteiger partial charge on any atom is 0.303 e. The molecule has 0 bridgehead atoms. The molecule has 1 atom stereocenters. The monoisotopic (exact) mass is 278 g/mol. The number of hydrogen-bond donors (Lipinski definition) is 1. The summed E-state index contributed by atoms with van der Waals surface area (Å²) in [5.41, 5.74) is 2.73. The molecule has 0 aromatic carbocycles. The Balaban J connectivity index is 2.31. The van der Waals surface area contributed by atoms with Crippen molar-refractivity contribution in [2.75, 3.05) is 0 Å². The number of aromatic nitrogens is 6. The molecule has 0 saturated carbocycles. The van der Waals surface area contributed by atoms with Gasteiger partial charge in [0.15, 0.2) is 5.82 Å². The largest absolute Gasteiger partial charge is 0.481 e. The van der Waals surface area contributed by atoms with Crippen LogP contribution in [0.4, 0.5) is 0 Å². The van der Waals surface area contributed by atoms with Gasteiger partial charge in [0.05, 0.1) is 11.3 Å². The molecule has 108 valence electrons. The van der Waals surface area contributed by atoms with E-state index in [0.717, 1.165) is 17.0 Å². The van der Waals surface area contributed by atoms with Crippen molar-refractivity contribution in [3.05, 3.63) is 11.4 Å². The van der Waals surface area contributed by atoms with Crippen molar-refractivity contribution >= 4 is 5.97 Å². The van der Waals surface area contributed by atoms with Crippen molar-refractivity contribution in [2.24, 2.45) is 13.0 Å². The summed E-state index contributed by atoms with van der Waals surface area (Å²) in [6, 6.07) is 0. The minimum absolute atomic E-state index is 0.0490. The van der Waals surface area contributed by atoms with Crippen LogP contribution in [0.5, 0.6) is 0 Å². The number of hydrogen-bond acceptors (Lipinski definition) is 5. The molecule has 2 rings (SSSR count). The molecule has 0 saturated heterocycles. The third kappa shape index (κ3) is 2.68. The highest BCUT2D eigenvalue weighted by molar-refractivity contribution is 5.67. The molecule has 2 aromatic heterocycles. The Bertz CT molecular complexity index is 630. The second-order valence-electron chi connectivity index (χ2n) is 5.06. The molecule has 1 N–H and O–H groups in total. The summed E-state index contributed by atoms with van der Waals surface area (Å²) in [4.78, 5) is 10.7. The highest BCUT2D eigenvalue weighted by Gasteiger charge is 2.20. The average molecular weight is 278 g/mol. The summed E-state index contributed by atoms with van der Waals surface area (Å²) in [5.74, 6) is -0.238. The normalized spacial score (nSPS) is 12.6. The molecule has 0 radical (unpaired) electrons. The lowest BCUT2D eigenvalue weighted by Gasteiger charge is -2.10. The fraction of sp³-hybridized carbons (Fsp3) is 0.583. The Hall–Kier alpha value is -2.25. The number of carboxylic acids is 1. The summed E-state index contributed by atoms with van der Waals surface area (Å²) in [6.45, 7) is 6.18. The van der Waals surface area contributed by atoms with Gasteiger partial charge in [-0.2, -0.15) is 5.10 Å². The van der Waals surface area contributed by atoms with Gasteiger partial charge in [-0.25, -0.2) is 4.68 Å². The van der Waals surface area contributed by atoms with E-state index in [1.807, 2.05) is 27.8 Å². The van der Waals surface area contributed by atoms with Gasteiger partial charge < -0.3 is 5.11 Å². The van der Waals surface area contributed by atoms with Gasteiger partial charge in [-0.15, -0.1) is 5.10 Å². The SMILES string of the molecule is Cc1nn(C)c(C)c1-c1nnnn1CC(C)CC(=O)O. The summed E-state index contributed by atoms with van der Waals surface area (Å²) in [5, 5.41) is 24.9. The fourth-order valence-corrected chi connectivity index (χ4v) is 2.26. The molecule has 0 amide bonds. The molecule has 8 nitrogen and oxygen atoms in total. The standard InChI is InChI=1S/C12H18N6O2/c1-7(5-10(19)20)6-18-12(13-15-16-18)11-8(2)14-17(4)9(11)3/h7H,5-6H2,1-4H3,(H,19,20). The lowest BCUT2D eigenvalue weighted by Crippen LogP contribution is -2.14. The molecular formula is C12H18N6O2. The minimum atomic E-state index is -0.819. The molecule has 0 spiro atoms. The van der Waals surface area contributed by atoms with E-state index in [4.69, 9.17) is 5.11 Å². The quantitative estimate of drug-likeness (QED) is 0.868. The molecular weight excluding hydrogens is 260 g/mol. The van der Waals surface area contributed by atoms with E-state index in [-0.39, 0.29) is 12.3 Å². The van der Waals surface area contributed by atoms with Crippen LogP contribution in [0.15, 0.2) is 0 Å². The molecule has 0 aliphatic heterocycles. The first kappa shape index (κ1) is 14.2. The van der Waals surface area contributed by atoms with E-state index in [2.05, 4.69) is 20.6 Å². The lowest BCUT2D eigenvalue weighted by molar-refractivity contribution is -0.138. The van der Waals surface area contributed by atoms with Crippen LogP contribution in [0.1, 0.15) is 24.7 Å². The van der Waals surface area contributed by atoms with Crippen molar-refractivity contribution in [2.45, 2.75) is 33.7 Å². The number of carbonyl (C=O) groups is 1. The molecule has 2 aromatic rings. The van der Waals surface area contributed by atoms with Crippen LogP contribution < -0.4 is 0 Å². The molecule has 20 heavy (non-hydrogen) atoms. The van der Waals surface area contributed by atoms with Crippen LogP contribution in [-0.4, -0.2) is 41.1 Å². The number of aryl methyl sites for hydroxylation is 2. The van der Waals surface area contributed by atoms with Gasteiger partial charge in [0.1, 0.15) is 0 Å². The number of carboxylic acid groups (broad SMARTS) is 1. The predicted molar refractivity (Wildman–Crippen MR) is 70.9 cm³/mol. The lowest BCUT2D eigenvalue weighted by atomic mass is 10.1. The van der Waals surface area contributed by atoms with Crippen molar-refractivity contribution in [1.29, 1.82) is 0 Å². The summed E-state index contributed by atoms with van der Waals surface area (Å²) < 4.78 is 3.43. The van der Waals surface area contributed by atoms with E-state index in [1.165, 1.54) is 0 Å². The van der Waals surface area contributed by atoms with Crippen LogP contribution in [0.2, 0.25) is 0 Å². The number of aliphatic carboxylic acids is 1. The maximum atomic E-state index is 10.7. The van der Waals surface area contributed by atoms with Crippen LogP contribution in [-0.2, 0) is 18.4 Å². The summed E-state index contributed by atoms with van der Waals surface area (Å²) in [6.07, 6.45) is 0.0876. The van der Waals surface area contributed by atoms with Gasteiger partial charge in [0.25, 0.3) is 0 Å². The number of rotatable bonds is 5. The predicted octanol–water partition coefficient (Wildman–Crippen LogP) is 0.801. The molecule has 0 aliphatic carbocycles. The van der Waals surface area contributed by atoms with Crippen LogP contribution >= 0.6 is 0 Å². The van der Waals surface area contributed by atoms with Gasteiger partial charge >= 0.3 is 5.97 Å². The van der Waals surface area contributed by atoms with E-state index < -0.39 is 5.97 Å². The van der Waals surface area contributed by atoms with Gasteiger partial charge in [0.2, 0.25) is 0 Å². The number of tetrazole rings is 1. The first-order valence-electron chi connectivity index (χ1n) is 6.38. The second kappa shape index (κ2) is 5.40. The molecule has 0 aliphatic rings. The Kier molecular flexibility index (Phi) is 3.82. The van der Waals surface area contributed by atoms with Gasteiger partial charge in [0, 0.05) is 25.7 Å². The molecule has 0 fully saturated rings. The highest BCUT2D eigenvalue weighted by atomic mass is 16.4. The van der Waals surface area contributed by atoms with Crippen LogP contribution in [0.25, 0.3) is 11.4 Å². The minimum Gasteiger partial charge on any atom is -0.481 e. The Morgan fingerprint density at radius 3 is 2.65 bits per heavy atom. The summed E-state index contributed by atoms with van der Waals surface area (Å²) in [7, 11) is 1.87. The zero-order chi connectivity index (χ0) is 14.9. The topological polar surface area (TPSA) is 98.7 Å². The molecule has 1 unspecified atom stereocenters. The third-order valence-electron chi connectivity index (χ3n) is 3.27. The average Bonchev–Trinajstić information content (AvgIpc) is 2.84. The van der Waals surface area contributed by atoms with E-state index in [1.54, 1.807) is 9.36 Å². The van der Waals surface area contributed by atoms with Crippen molar-refractivity contribution < 1.29 is 9.90 Å². The number of nitrogens with zero attached hydrogens (tertiary/aromatic N) is 6. The fourth-order valence-electron chi connectivity index (χ4n) is 2.26. The Morgan fingerprint density at radius 1 is 1.40 bits per heavy atom. The smallest absolute Gasteiger partial charge is 0.303 e. The van der Waals surface area contributed by atoms with E-state index >= 15 is 0 Å². The molecule has 8 heteroatoms. The van der Waals surface area contributed by atoms with Crippen molar-refractivity contribution in [3.8, 4) is 11.4 Å². The van der Waals surface area contributed by atoms with Gasteiger partial charge in [-0.3, -0.25) is 9.48 Å². The third-order valence-corrected chi connectivity index (χ3v) is 3.27. The summed E-state index contributed by atoms with van der Waals surface area (Å²) >= 11 is 0. The van der Waals surface area contributed by atoms with Crippen LogP contribution in [0, 0.1) is 19.8 Å². The van der Waals surface area contributed by atoms with E-state index in [9.17, 15) is 4.79 Å². The Labute approximate surface area is 116 Å². The highest BCUT2D eigenvalue weighted by Crippen LogP contribution is 2.24. The van der Waals surface area contributed by atoms with Crippen LogP contribution in [0.3, 0.4) is 0 Å². The Morgan fingerprint density at radius 2 is 2.10 bits per heavy atom. The zero-order valence-electron chi connectivity index (χ0n) is 12.0. The first-order valence-corrected chi connectivity index (χ1v) is 6.38.